The highest BCUT2D eigenvalue weighted by atomic mass is 32.2. The molecule has 0 radical (unpaired) electrons. The number of ether oxygens (including phenoxy) is 2. The molecule has 2 aromatic carbocycles. The number of hydrogen-bond donors (Lipinski definition) is 2. The molecule has 0 aliphatic carbocycles. The first kappa shape index (κ1) is 24.6. The number of methoxy groups -OCH3 is 2. The van der Waals surface area contributed by atoms with Crippen LogP contribution in [0.5, 0.6) is 11.5 Å². The van der Waals surface area contributed by atoms with Crippen molar-refractivity contribution in [3.05, 3.63) is 53.6 Å². The van der Waals surface area contributed by atoms with Gasteiger partial charge in [-0.05, 0) is 73.9 Å². The number of piperidine rings is 1. The number of fused-ring (bicyclic) bond motifs is 1. The molecule has 182 valence electrons. The zero-order valence-electron chi connectivity index (χ0n) is 20.3. The second-order valence-electron chi connectivity index (χ2n) is 8.78. The van der Waals surface area contributed by atoms with E-state index in [4.69, 9.17) is 14.5 Å². The molecule has 1 saturated heterocycles. The number of nitrogens with one attached hydrogen (secondary N) is 1. The Morgan fingerprint density at radius 2 is 1.97 bits per heavy atom. The van der Waals surface area contributed by atoms with Crippen molar-refractivity contribution >= 4 is 28.5 Å². The number of aromatic nitrogens is 1. The van der Waals surface area contributed by atoms with Gasteiger partial charge in [0.2, 0.25) is 0 Å². The quantitative estimate of drug-likeness (QED) is 0.326. The standard InChI is InChI=1S/C27H35N3O3S/c1-32-25-9-6-19(13-26(25)33-2)10-11-28-16-22-14-21-7-8-23(34-3)15-24(21)29-27(22)30-12-4-5-20(17-30)18-31/h6-9,13-15,20,28,31H,4-5,10-12,16-18H2,1-3H3. The number of benzene rings is 2. The van der Waals surface area contributed by atoms with Crippen LogP contribution < -0.4 is 19.7 Å². The maximum absolute atomic E-state index is 9.74. The number of hydrogen-bond acceptors (Lipinski definition) is 7. The van der Waals surface area contributed by atoms with Crippen molar-refractivity contribution in [3.63, 3.8) is 0 Å². The number of aliphatic hydroxyl groups is 1. The van der Waals surface area contributed by atoms with Crippen LogP contribution in [0.25, 0.3) is 10.9 Å². The molecule has 7 heteroatoms. The Labute approximate surface area is 206 Å². The average molecular weight is 482 g/mol. The molecule has 1 fully saturated rings. The lowest BCUT2D eigenvalue weighted by Gasteiger charge is -2.34. The summed E-state index contributed by atoms with van der Waals surface area (Å²) in [6.45, 7) is 3.67. The lowest BCUT2D eigenvalue weighted by Crippen LogP contribution is -2.38. The molecule has 1 aliphatic heterocycles. The monoisotopic (exact) mass is 481 g/mol. The number of rotatable bonds is 10. The maximum atomic E-state index is 9.74. The third-order valence-corrected chi connectivity index (χ3v) is 7.24. The SMILES string of the molecule is COc1ccc(CCNCc2cc3ccc(SC)cc3nc2N2CCCC(CO)C2)cc1OC. The molecule has 2 heterocycles. The highest BCUT2D eigenvalue weighted by molar-refractivity contribution is 7.98. The van der Waals surface area contributed by atoms with Gasteiger partial charge in [-0.1, -0.05) is 12.1 Å². The van der Waals surface area contributed by atoms with Crippen molar-refractivity contribution in [3.8, 4) is 11.5 Å². The Kier molecular flexibility index (Phi) is 8.53. The molecule has 6 nitrogen and oxygen atoms in total. The lowest BCUT2D eigenvalue weighted by atomic mass is 9.98. The van der Waals surface area contributed by atoms with Crippen LogP contribution in [0.2, 0.25) is 0 Å². The van der Waals surface area contributed by atoms with Gasteiger partial charge in [0.1, 0.15) is 5.82 Å². The van der Waals surface area contributed by atoms with Gasteiger partial charge in [0, 0.05) is 42.1 Å². The van der Waals surface area contributed by atoms with Crippen molar-refractivity contribution in [2.75, 3.05) is 51.6 Å². The molecule has 0 saturated carbocycles. The van der Waals surface area contributed by atoms with Crippen molar-refractivity contribution in [2.24, 2.45) is 5.92 Å². The van der Waals surface area contributed by atoms with Gasteiger partial charge in [-0.25, -0.2) is 4.98 Å². The Balaban J connectivity index is 1.51. The number of thioether (sulfide) groups is 1. The van der Waals surface area contributed by atoms with Gasteiger partial charge in [0.25, 0.3) is 0 Å². The van der Waals surface area contributed by atoms with Gasteiger partial charge in [-0.2, -0.15) is 0 Å². The summed E-state index contributed by atoms with van der Waals surface area (Å²) < 4.78 is 10.8. The first-order valence-electron chi connectivity index (χ1n) is 11.9. The Bertz CT molecular complexity index is 1110. The number of nitrogens with zero attached hydrogens (tertiary/aromatic N) is 2. The van der Waals surface area contributed by atoms with E-state index in [9.17, 15) is 5.11 Å². The molecule has 1 atom stereocenters. The first-order valence-corrected chi connectivity index (χ1v) is 13.1. The predicted octanol–water partition coefficient (Wildman–Crippen LogP) is 4.51. The van der Waals surface area contributed by atoms with E-state index < -0.39 is 0 Å². The van der Waals surface area contributed by atoms with Gasteiger partial charge in [0.15, 0.2) is 11.5 Å². The third kappa shape index (κ3) is 5.77. The minimum absolute atomic E-state index is 0.236. The van der Waals surface area contributed by atoms with E-state index in [1.807, 2.05) is 12.1 Å². The van der Waals surface area contributed by atoms with Crippen molar-refractivity contribution in [1.82, 2.24) is 10.3 Å². The molecule has 1 unspecified atom stereocenters. The average Bonchev–Trinajstić information content (AvgIpc) is 2.90. The molecule has 4 rings (SSSR count). The summed E-state index contributed by atoms with van der Waals surface area (Å²) in [6.07, 6.45) is 5.15. The highest BCUT2D eigenvalue weighted by Gasteiger charge is 2.23. The minimum Gasteiger partial charge on any atom is -0.493 e. The summed E-state index contributed by atoms with van der Waals surface area (Å²) in [5, 5.41) is 14.5. The Morgan fingerprint density at radius 3 is 2.74 bits per heavy atom. The fraction of sp³-hybridized carbons (Fsp3) is 0.444. The molecule has 2 N–H and O–H groups in total. The molecule has 0 amide bonds. The van der Waals surface area contributed by atoms with E-state index in [2.05, 4.69) is 46.8 Å². The highest BCUT2D eigenvalue weighted by Crippen LogP contribution is 2.30. The molecule has 1 aliphatic rings. The van der Waals surface area contributed by atoms with Crippen LogP contribution in [-0.4, -0.2) is 56.8 Å². The molecule has 1 aromatic heterocycles. The van der Waals surface area contributed by atoms with Gasteiger partial charge in [-0.15, -0.1) is 11.8 Å². The Morgan fingerprint density at radius 1 is 1.12 bits per heavy atom. The fourth-order valence-corrected chi connectivity index (χ4v) is 5.04. The maximum Gasteiger partial charge on any atom is 0.160 e. The second-order valence-corrected chi connectivity index (χ2v) is 9.66. The number of aliphatic hydroxyl groups excluding tert-OH is 1. The van der Waals surface area contributed by atoms with E-state index in [1.165, 1.54) is 16.0 Å². The van der Waals surface area contributed by atoms with E-state index in [0.717, 1.165) is 73.7 Å². The first-order chi connectivity index (χ1) is 16.6. The number of anilines is 1. The van der Waals surface area contributed by atoms with Gasteiger partial charge in [-0.3, -0.25) is 0 Å². The van der Waals surface area contributed by atoms with Crippen molar-refractivity contribution in [1.29, 1.82) is 0 Å². The van der Waals surface area contributed by atoms with Gasteiger partial charge in [0.05, 0.1) is 19.7 Å². The number of pyridine rings is 1. The van der Waals surface area contributed by atoms with E-state index in [-0.39, 0.29) is 6.61 Å². The van der Waals surface area contributed by atoms with Gasteiger partial charge >= 0.3 is 0 Å². The molecule has 0 bridgehead atoms. The van der Waals surface area contributed by atoms with E-state index in [0.29, 0.717) is 5.92 Å². The molecule has 34 heavy (non-hydrogen) atoms. The predicted molar refractivity (Wildman–Crippen MR) is 141 cm³/mol. The van der Waals surface area contributed by atoms with Crippen LogP contribution in [0, 0.1) is 5.92 Å². The summed E-state index contributed by atoms with van der Waals surface area (Å²) in [5.74, 6) is 2.87. The van der Waals surface area contributed by atoms with Crippen LogP contribution in [0.4, 0.5) is 5.82 Å². The second kappa shape index (κ2) is 11.8. The third-order valence-electron chi connectivity index (χ3n) is 6.51. The van der Waals surface area contributed by atoms with Crippen LogP contribution in [-0.2, 0) is 13.0 Å². The summed E-state index contributed by atoms with van der Waals surface area (Å²) in [5.41, 5.74) is 3.44. The molecule has 3 aromatic rings. The van der Waals surface area contributed by atoms with E-state index >= 15 is 0 Å². The minimum atomic E-state index is 0.236. The van der Waals surface area contributed by atoms with Crippen LogP contribution in [0.1, 0.15) is 24.0 Å². The topological polar surface area (TPSA) is 66.9 Å². The fourth-order valence-electron chi connectivity index (χ4n) is 4.61. The summed E-state index contributed by atoms with van der Waals surface area (Å²) in [4.78, 5) is 8.70. The van der Waals surface area contributed by atoms with Crippen molar-refractivity contribution in [2.45, 2.75) is 30.7 Å². The normalized spacial score (nSPS) is 16.1. The van der Waals surface area contributed by atoms with E-state index in [1.54, 1.807) is 26.0 Å². The van der Waals surface area contributed by atoms with Crippen LogP contribution >= 0.6 is 11.8 Å². The zero-order chi connectivity index (χ0) is 23.9. The zero-order valence-corrected chi connectivity index (χ0v) is 21.2. The smallest absolute Gasteiger partial charge is 0.160 e. The molecule has 0 spiro atoms. The molecular weight excluding hydrogens is 446 g/mol. The largest absolute Gasteiger partial charge is 0.493 e. The van der Waals surface area contributed by atoms with Gasteiger partial charge < -0.3 is 24.8 Å². The summed E-state index contributed by atoms with van der Waals surface area (Å²) in [6, 6.07) is 14.8. The van der Waals surface area contributed by atoms with Crippen LogP contribution in [0.3, 0.4) is 0 Å². The van der Waals surface area contributed by atoms with Crippen LogP contribution in [0.15, 0.2) is 47.4 Å². The van der Waals surface area contributed by atoms with Crippen molar-refractivity contribution < 1.29 is 14.6 Å². The summed E-state index contributed by atoms with van der Waals surface area (Å²) in [7, 11) is 3.32. The molecular formula is C27H35N3O3S. The summed E-state index contributed by atoms with van der Waals surface area (Å²) >= 11 is 1.74. The lowest BCUT2D eigenvalue weighted by molar-refractivity contribution is 0.208. The Hall–Kier alpha value is -2.48.